The normalized spacial score (nSPS) is 11.5. The third-order valence-electron chi connectivity index (χ3n) is 2.76. The highest BCUT2D eigenvalue weighted by Gasteiger charge is 2.24. The van der Waals surface area contributed by atoms with Gasteiger partial charge in [-0.3, -0.25) is 4.90 Å². The molecule has 2 aromatic rings. The molecular weight excluding hydrogens is 291 g/mol. The Morgan fingerprint density at radius 1 is 1.38 bits per heavy atom. The summed E-state index contributed by atoms with van der Waals surface area (Å²) in [5, 5.41) is 19.2. The zero-order valence-corrected chi connectivity index (χ0v) is 13.1. The molecule has 0 aliphatic carbocycles. The molecule has 0 bridgehead atoms. The summed E-state index contributed by atoms with van der Waals surface area (Å²) >= 11 is 1.24. The molecule has 112 valence electrons. The number of hydrogen-bond donors (Lipinski definition) is 2. The van der Waals surface area contributed by atoms with Crippen molar-refractivity contribution in [2.45, 2.75) is 26.4 Å². The molecule has 0 unspecified atom stereocenters. The number of anilines is 1. The van der Waals surface area contributed by atoms with Crippen molar-refractivity contribution in [1.82, 2.24) is 4.37 Å². The third kappa shape index (κ3) is 3.52. The Balaban J connectivity index is 2.37. The first-order valence-corrected chi connectivity index (χ1v) is 7.18. The molecule has 0 aliphatic rings. The minimum absolute atomic E-state index is 0.349. The maximum Gasteiger partial charge on any atom is 0.488 e. The number of rotatable bonds is 2. The lowest BCUT2D eigenvalue weighted by atomic mass is 9.80. The first kappa shape index (κ1) is 15.7. The fourth-order valence-electron chi connectivity index (χ4n) is 1.76. The minimum Gasteiger partial charge on any atom is -0.443 e. The van der Waals surface area contributed by atoms with Gasteiger partial charge in [-0.25, -0.2) is 4.79 Å². The second kappa shape index (κ2) is 5.63. The number of fused-ring (bicyclic) bond motifs is 1. The molecule has 2 rings (SSSR count). The Labute approximate surface area is 127 Å². The average Bonchev–Trinajstić information content (AvgIpc) is 2.78. The van der Waals surface area contributed by atoms with E-state index in [0.717, 1.165) is 4.70 Å². The van der Waals surface area contributed by atoms with Gasteiger partial charge < -0.3 is 14.8 Å². The SMILES string of the molecule is CN(C(=O)OC(C)(C)C)c1nsc2ccc(B(O)O)cc12. The van der Waals surface area contributed by atoms with Gasteiger partial charge in [0.25, 0.3) is 0 Å². The molecule has 21 heavy (non-hydrogen) atoms. The summed E-state index contributed by atoms with van der Waals surface area (Å²) in [6.07, 6.45) is -0.510. The summed E-state index contributed by atoms with van der Waals surface area (Å²) < 4.78 is 10.4. The number of aromatic nitrogens is 1. The molecule has 1 amide bonds. The molecule has 0 spiro atoms. The van der Waals surface area contributed by atoms with Crippen LogP contribution in [0.5, 0.6) is 0 Å². The Morgan fingerprint density at radius 2 is 2.05 bits per heavy atom. The van der Waals surface area contributed by atoms with Gasteiger partial charge >= 0.3 is 13.2 Å². The van der Waals surface area contributed by atoms with Crippen LogP contribution in [0.25, 0.3) is 10.1 Å². The number of hydrogen-bond acceptors (Lipinski definition) is 6. The van der Waals surface area contributed by atoms with Gasteiger partial charge in [0.1, 0.15) is 5.60 Å². The molecule has 0 atom stereocenters. The number of carbonyl (C=O) groups excluding carboxylic acids is 1. The van der Waals surface area contributed by atoms with Crippen LogP contribution in [0.15, 0.2) is 18.2 Å². The van der Waals surface area contributed by atoms with E-state index in [1.165, 1.54) is 16.4 Å². The topological polar surface area (TPSA) is 82.9 Å². The first-order chi connectivity index (χ1) is 9.69. The van der Waals surface area contributed by atoms with Gasteiger partial charge in [0.05, 0.1) is 4.70 Å². The van der Waals surface area contributed by atoms with Crippen molar-refractivity contribution in [3.8, 4) is 0 Å². The van der Waals surface area contributed by atoms with Crippen LogP contribution in [-0.4, -0.2) is 40.3 Å². The maximum absolute atomic E-state index is 12.1. The van der Waals surface area contributed by atoms with E-state index in [9.17, 15) is 14.8 Å². The van der Waals surface area contributed by atoms with Crippen LogP contribution in [0.2, 0.25) is 0 Å². The summed E-state index contributed by atoms with van der Waals surface area (Å²) in [5.74, 6) is 0.437. The molecule has 0 radical (unpaired) electrons. The van der Waals surface area contributed by atoms with Gasteiger partial charge in [0.15, 0.2) is 5.82 Å². The number of carbonyl (C=O) groups is 1. The lowest BCUT2D eigenvalue weighted by Crippen LogP contribution is -2.34. The van der Waals surface area contributed by atoms with E-state index in [1.807, 2.05) is 0 Å². The molecule has 0 saturated carbocycles. The van der Waals surface area contributed by atoms with Crippen LogP contribution < -0.4 is 10.4 Å². The number of amides is 1. The molecule has 8 heteroatoms. The first-order valence-electron chi connectivity index (χ1n) is 6.41. The number of benzene rings is 1. The van der Waals surface area contributed by atoms with E-state index in [0.29, 0.717) is 16.7 Å². The Bertz CT molecular complexity index is 666. The fourth-order valence-corrected chi connectivity index (χ4v) is 2.55. The summed E-state index contributed by atoms with van der Waals surface area (Å²) in [7, 11) is 0.0129. The molecule has 6 nitrogen and oxygen atoms in total. The summed E-state index contributed by atoms with van der Waals surface area (Å²) in [5.41, 5.74) is -0.245. The lowest BCUT2D eigenvalue weighted by molar-refractivity contribution is 0.0589. The Morgan fingerprint density at radius 3 is 2.62 bits per heavy atom. The smallest absolute Gasteiger partial charge is 0.443 e. The van der Waals surface area contributed by atoms with Gasteiger partial charge in [-0.15, -0.1) is 0 Å². The van der Waals surface area contributed by atoms with E-state index in [2.05, 4.69) is 4.37 Å². The van der Waals surface area contributed by atoms with E-state index < -0.39 is 18.8 Å². The molecule has 1 heterocycles. The van der Waals surface area contributed by atoms with Crippen molar-refractivity contribution in [3.63, 3.8) is 0 Å². The van der Waals surface area contributed by atoms with Crippen molar-refractivity contribution < 1.29 is 19.6 Å². The van der Waals surface area contributed by atoms with Gasteiger partial charge in [-0.2, -0.15) is 4.37 Å². The standard InChI is InChI=1S/C13H17BN2O4S/c1-13(2,3)20-12(17)16(4)11-9-7-8(14(18)19)5-6-10(9)21-15-11/h5-7,18-19H,1-4H3. The largest absolute Gasteiger partial charge is 0.488 e. The monoisotopic (exact) mass is 308 g/mol. The van der Waals surface area contributed by atoms with Gasteiger partial charge in [0, 0.05) is 12.4 Å². The molecule has 1 aromatic carbocycles. The summed E-state index contributed by atoms with van der Waals surface area (Å²) in [6.45, 7) is 5.37. The van der Waals surface area contributed by atoms with Crippen molar-refractivity contribution in [2.75, 3.05) is 11.9 Å². The van der Waals surface area contributed by atoms with Crippen molar-refractivity contribution in [3.05, 3.63) is 18.2 Å². The van der Waals surface area contributed by atoms with Crippen LogP contribution in [0, 0.1) is 0 Å². The molecule has 0 fully saturated rings. The van der Waals surface area contributed by atoms with Crippen LogP contribution in [0.1, 0.15) is 20.8 Å². The molecular formula is C13H17BN2O4S. The second-order valence-corrected chi connectivity index (χ2v) is 6.48. The molecule has 1 aromatic heterocycles. The predicted octanol–water partition coefficient (Wildman–Crippen LogP) is 1.35. The highest BCUT2D eigenvalue weighted by Crippen LogP contribution is 2.29. The molecule has 2 N–H and O–H groups in total. The van der Waals surface area contributed by atoms with E-state index in [1.54, 1.807) is 46.0 Å². The van der Waals surface area contributed by atoms with Crippen molar-refractivity contribution >= 4 is 46.1 Å². The van der Waals surface area contributed by atoms with Crippen molar-refractivity contribution in [1.29, 1.82) is 0 Å². The predicted molar refractivity (Wildman–Crippen MR) is 84.1 cm³/mol. The summed E-state index contributed by atoms with van der Waals surface area (Å²) in [6, 6.07) is 4.97. The van der Waals surface area contributed by atoms with E-state index in [-0.39, 0.29) is 0 Å². The van der Waals surface area contributed by atoms with Crippen molar-refractivity contribution in [2.24, 2.45) is 0 Å². The van der Waals surface area contributed by atoms with Crippen LogP contribution in [-0.2, 0) is 4.74 Å². The van der Waals surface area contributed by atoms with Gasteiger partial charge in [-0.1, -0.05) is 6.07 Å². The number of nitrogens with zero attached hydrogens (tertiary/aromatic N) is 2. The zero-order chi connectivity index (χ0) is 15.8. The quantitative estimate of drug-likeness (QED) is 0.818. The highest BCUT2D eigenvalue weighted by atomic mass is 32.1. The van der Waals surface area contributed by atoms with E-state index in [4.69, 9.17) is 4.74 Å². The van der Waals surface area contributed by atoms with E-state index >= 15 is 0 Å². The Hall–Kier alpha value is -1.64. The van der Waals surface area contributed by atoms with Crippen LogP contribution >= 0.6 is 11.5 Å². The number of ether oxygens (including phenoxy) is 1. The fraction of sp³-hybridized carbons (Fsp3) is 0.385. The third-order valence-corrected chi connectivity index (χ3v) is 3.58. The van der Waals surface area contributed by atoms with Crippen LogP contribution in [0.3, 0.4) is 0 Å². The Kier molecular flexibility index (Phi) is 4.22. The highest BCUT2D eigenvalue weighted by molar-refractivity contribution is 7.13. The maximum atomic E-state index is 12.1. The van der Waals surface area contributed by atoms with Gasteiger partial charge in [-0.05, 0) is 49.9 Å². The molecule has 0 saturated heterocycles. The zero-order valence-electron chi connectivity index (χ0n) is 12.3. The summed E-state index contributed by atoms with van der Waals surface area (Å²) in [4.78, 5) is 13.4. The lowest BCUT2D eigenvalue weighted by Gasteiger charge is -2.23. The molecule has 0 aliphatic heterocycles. The second-order valence-electron chi connectivity index (χ2n) is 5.67. The van der Waals surface area contributed by atoms with Gasteiger partial charge in [0.2, 0.25) is 0 Å². The average molecular weight is 308 g/mol. The minimum atomic E-state index is -1.56. The van der Waals surface area contributed by atoms with Crippen LogP contribution in [0.4, 0.5) is 10.6 Å².